The Labute approximate surface area is 159 Å². The molecule has 2 unspecified atom stereocenters. The number of fused-ring (bicyclic) bond motifs is 1. The van der Waals surface area contributed by atoms with Crippen LogP contribution in [-0.4, -0.2) is 27.2 Å². The Balaban J connectivity index is 1.88. The summed E-state index contributed by atoms with van der Waals surface area (Å²) in [7, 11) is 1.90. The molecule has 0 N–H and O–H groups in total. The van der Waals surface area contributed by atoms with E-state index in [9.17, 15) is 4.79 Å². The minimum atomic E-state index is -0.112. The van der Waals surface area contributed by atoms with Crippen LogP contribution < -0.4 is 0 Å². The van der Waals surface area contributed by atoms with Gasteiger partial charge in [-0.2, -0.15) is 0 Å². The Morgan fingerprint density at radius 3 is 2.62 bits per heavy atom. The average molecular weight is 370 g/mol. The predicted molar refractivity (Wildman–Crippen MR) is 108 cm³/mol. The third-order valence-corrected chi connectivity index (χ3v) is 6.04. The van der Waals surface area contributed by atoms with Crippen LogP contribution in [0.5, 0.6) is 0 Å². The van der Waals surface area contributed by atoms with E-state index in [1.807, 2.05) is 37.1 Å². The summed E-state index contributed by atoms with van der Waals surface area (Å²) in [5.41, 5.74) is 3.19. The van der Waals surface area contributed by atoms with E-state index in [1.54, 1.807) is 11.3 Å². The maximum atomic E-state index is 13.3. The molecule has 0 spiro atoms. The number of nitrogens with zero attached hydrogens (tertiary/aromatic N) is 3. The fraction of sp³-hybridized carbons (Fsp3) is 0.429. The van der Waals surface area contributed by atoms with Crippen molar-refractivity contribution in [2.75, 3.05) is 7.05 Å². The first kappa shape index (κ1) is 18.6. The number of imidazole rings is 1. The van der Waals surface area contributed by atoms with Gasteiger partial charge < -0.3 is 4.90 Å². The lowest BCUT2D eigenvalue weighted by Gasteiger charge is -2.28. The number of likely N-dealkylation sites (N-methyl/N-ethyl adjacent to an activating group) is 1. The van der Waals surface area contributed by atoms with Crippen LogP contribution in [0.3, 0.4) is 0 Å². The van der Waals surface area contributed by atoms with Crippen molar-refractivity contribution < 1.29 is 4.79 Å². The Morgan fingerprint density at radius 1 is 1.27 bits per heavy atom. The van der Waals surface area contributed by atoms with Crippen molar-refractivity contribution in [3.8, 4) is 0 Å². The van der Waals surface area contributed by atoms with Crippen LogP contribution in [-0.2, 0) is 11.3 Å². The highest BCUT2D eigenvalue weighted by atomic mass is 32.1. The Kier molecular flexibility index (Phi) is 5.47. The molecule has 0 radical (unpaired) electrons. The number of carbonyl (C=O) groups excluding carboxylic acids is 1. The van der Waals surface area contributed by atoms with E-state index in [1.165, 1.54) is 4.88 Å². The summed E-state index contributed by atoms with van der Waals surface area (Å²) in [5, 5.41) is 0. The van der Waals surface area contributed by atoms with Crippen LogP contribution in [0.2, 0.25) is 0 Å². The molecule has 1 aromatic carbocycles. The Bertz CT molecular complexity index is 897. The zero-order valence-corrected chi connectivity index (χ0v) is 17.0. The summed E-state index contributed by atoms with van der Waals surface area (Å²) < 4.78 is 2.12. The van der Waals surface area contributed by atoms with Crippen molar-refractivity contribution in [1.29, 1.82) is 0 Å². The van der Waals surface area contributed by atoms with Gasteiger partial charge in [-0.1, -0.05) is 50.6 Å². The molecule has 0 aliphatic heterocycles. The van der Waals surface area contributed by atoms with Gasteiger partial charge in [-0.15, -0.1) is 11.3 Å². The van der Waals surface area contributed by atoms with Crippen LogP contribution in [0.15, 0.2) is 36.5 Å². The van der Waals surface area contributed by atoms with Gasteiger partial charge in [-0.05, 0) is 25.3 Å². The second-order valence-electron chi connectivity index (χ2n) is 7.11. The predicted octanol–water partition coefficient (Wildman–Crippen LogP) is 4.80. The Morgan fingerprint density at radius 2 is 1.96 bits per heavy atom. The van der Waals surface area contributed by atoms with Gasteiger partial charge in [0.2, 0.25) is 5.91 Å². The van der Waals surface area contributed by atoms with E-state index in [4.69, 9.17) is 0 Å². The fourth-order valence-corrected chi connectivity index (χ4v) is 4.34. The van der Waals surface area contributed by atoms with Gasteiger partial charge in [0.15, 0.2) is 4.96 Å². The number of benzene rings is 1. The molecule has 26 heavy (non-hydrogen) atoms. The van der Waals surface area contributed by atoms with Crippen molar-refractivity contribution >= 4 is 22.2 Å². The van der Waals surface area contributed by atoms with E-state index in [0.29, 0.717) is 12.5 Å². The summed E-state index contributed by atoms with van der Waals surface area (Å²) in [6.45, 7) is 8.98. The number of amides is 1. The van der Waals surface area contributed by atoms with E-state index >= 15 is 0 Å². The van der Waals surface area contributed by atoms with Crippen LogP contribution in [0.4, 0.5) is 0 Å². The van der Waals surface area contributed by atoms with Crippen molar-refractivity contribution in [1.82, 2.24) is 14.3 Å². The Hall–Kier alpha value is -2.14. The van der Waals surface area contributed by atoms with E-state index in [0.717, 1.165) is 28.3 Å². The molecule has 4 nitrogen and oxygen atoms in total. The molecule has 138 valence electrons. The van der Waals surface area contributed by atoms with Crippen molar-refractivity contribution in [2.45, 2.75) is 46.6 Å². The van der Waals surface area contributed by atoms with Gasteiger partial charge in [0.25, 0.3) is 0 Å². The van der Waals surface area contributed by atoms with Gasteiger partial charge in [-0.25, -0.2) is 4.98 Å². The van der Waals surface area contributed by atoms with Crippen LogP contribution >= 0.6 is 11.3 Å². The first-order valence-corrected chi connectivity index (χ1v) is 9.97. The number of carbonyl (C=O) groups is 1. The minimum Gasteiger partial charge on any atom is -0.339 e. The van der Waals surface area contributed by atoms with Crippen LogP contribution in [0, 0.1) is 19.8 Å². The molecule has 0 saturated carbocycles. The monoisotopic (exact) mass is 369 g/mol. The summed E-state index contributed by atoms with van der Waals surface area (Å²) in [6, 6.07) is 10.1. The number of hydrogen-bond acceptors (Lipinski definition) is 3. The molecular weight excluding hydrogens is 342 g/mol. The van der Waals surface area contributed by atoms with E-state index in [-0.39, 0.29) is 11.8 Å². The normalized spacial score (nSPS) is 13.7. The van der Waals surface area contributed by atoms with Gasteiger partial charge in [0, 0.05) is 18.1 Å². The molecule has 5 heteroatoms. The summed E-state index contributed by atoms with van der Waals surface area (Å²) in [5.74, 6) is 0.355. The van der Waals surface area contributed by atoms with Crippen molar-refractivity contribution in [3.05, 3.63) is 58.4 Å². The summed E-state index contributed by atoms with van der Waals surface area (Å²) in [4.78, 5) is 22.0. The highest BCUT2D eigenvalue weighted by Gasteiger charge is 2.29. The van der Waals surface area contributed by atoms with E-state index < -0.39 is 0 Å². The van der Waals surface area contributed by atoms with Gasteiger partial charge >= 0.3 is 0 Å². The SMILES string of the molecule is CCC(C)C(C(=O)N(C)Cc1c(C)nc2sc(C)cn12)c1ccccc1. The molecule has 0 aliphatic rings. The third kappa shape index (κ3) is 3.54. The lowest BCUT2D eigenvalue weighted by Crippen LogP contribution is -2.34. The molecular formula is C21H27N3OS. The summed E-state index contributed by atoms with van der Waals surface area (Å²) >= 11 is 1.68. The smallest absolute Gasteiger partial charge is 0.230 e. The highest BCUT2D eigenvalue weighted by Crippen LogP contribution is 2.30. The molecule has 0 aliphatic carbocycles. The zero-order valence-electron chi connectivity index (χ0n) is 16.2. The second kappa shape index (κ2) is 7.62. The minimum absolute atomic E-state index is 0.112. The number of hydrogen-bond donors (Lipinski definition) is 0. The molecule has 2 heterocycles. The molecule has 3 aromatic rings. The second-order valence-corrected chi connectivity index (χ2v) is 8.32. The standard InChI is InChI=1S/C21H27N3OS/c1-6-14(2)19(17-10-8-7-9-11-17)20(25)23(5)13-18-16(4)22-21-24(18)12-15(3)26-21/h7-12,14,19H,6,13H2,1-5H3. The van der Waals surface area contributed by atoms with Crippen molar-refractivity contribution in [2.24, 2.45) is 5.92 Å². The quantitative estimate of drug-likeness (QED) is 0.626. The first-order valence-electron chi connectivity index (χ1n) is 9.16. The van der Waals surface area contributed by atoms with Gasteiger partial charge in [-0.3, -0.25) is 9.20 Å². The van der Waals surface area contributed by atoms with E-state index in [2.05, 4.69) is 48.5 Å². The zero-order chi connectivity index (χ0) is 18.8. The fourth-order valence-electron chi connectivity index (χ4n) is 3.45. The lowest BCUT2D eigenvalue weighted by atomic mass is 9.84. The molecule has 1 amide bonds. The molecule has 0 bridgehead atoms. The largest absolute Gasteiger partial charge is 0.339 e. The highest BCUT2D eigenvalue weighted by molar-refractivity contribution is 7.17. The third-order valence-electron chi connectivity index (χ3n) is 5.14. The first-order chi connectivity index (χ1) is 12.4. The average Bonchev–Trinajstić information content (AvgIpc) is 3.12. The van der Waals surface area contributed by atoms with Crippen LogP contribution in [0.25, 0.3) is 4.96 Å². The van der Waals surface area contributed by atoms with Crippen LogP contribution in [0.1, 0.15) is 48.0 Å². The number of thiazole rings is 1. The maximum Gasteiger partial charge on any atom is 0.230 e. The molecule has 0 saturated heterocycles. The van der Waals surface area contributed by atoms with Gasteiger partial charge in [0.1, 0.15) is 0 Å². The molecule has 3 rings (SSSR count). The number of aromatic nitrogens is 2. The summed E-state index contributed by atoms with van der Waals surface area (Å²) in [6.07, 6.45) is 3.08. The number of aryl methyl sites for hydroxylation is 2. The van der Waals surface area contributed by atoms with Crippen molar-refractivity contribution in [3.63, 3.8) is 0 Å². The number of rotatable bonds is 6. The maximum absolute atomic E-state index is 13.3. The lowest BCUT2D eigenvalue weighted by molar-refractivity contribution is -0.133. The topological polar surface area (TPSA) is 37.6 Å². The van der Waals surface area contributed by atoms with Gasteiger partial charge in [0.05, 0.1) is 23.9 Å². The molecule has 0 fully saturated rings. The molecule has 2 atom stereocenters. The molecule has 2 aromatic heterocycles.